The summed E-state index contributed by atoms with van der Waals surface area (Å²) in [5.74, 6) is -1.01. The largest absolute Gasteiger partial charge is 0.384 e. The van der Waals surface area contributed by atoms with Crippen molar-refractivity contribution in [3.63, 3.8) is 0 Å². The fourth-order valence-corrected chi connectivity index (χ4v) is 5.23. The number of nitrogens with zero attached hydrogens (tertiary/aromatic N) is 3. The molecule has 3 N–H and O–H groups in total. The van der Waals surface area contributed by atoms with Crippen LogP contribution >= 0.6 is 0 Å². The second-order valence-electron chi connectivity index (χ2n) is 9.38. The number of aryl methyl sites for hydroxylation is 1. The van der Waals surface area contributed by atoms with Crippen molar-refractivity contribution in [1.29, 1.82) is 0 Å². The number of anilines is 2. The van der Waals surface area contributed by atoms with Gasteiger partial charge >= 0.3 is 6.03 Å². The second kappa shape index (κ2) is 9.81. The molecule has 3 aromatic rings. The van der Waals surface area contributed by atoms with Crippen LogP contribution in [-0.2, 0) is 22.4 Å². The van der Waals surface area contributed by atoms with Gasteiger partial charge in [0.15, 0.2) is 0 Å². The molecule has 1 aliphatic carbocycles. The van der Waals surface area contributed by atoms with E-state index in [4.69, 9.17) is 5.73 Å². The number of nitrogens with one attached hydrogen (secondary N) is 1. The van der Waals surface area contributed by atoms with Gasteiger partial charge in [0.05, 0.1) is 12.0 Å². The second-order valence-corrected chi connectivity index (χ2v) is 9.38. The summed E-state index contributed by atoms with van der Waals surface area (Å²) < 4.78 is 0. The molecule has 1 saturated heterocycles. The van der Waals surface area contributed by atoms with Crippen molar-refractivity contribution in [2.24, 2.45) is 5.92 Å². The summed E-state index contributed by atoms with van der Waals surface area (Å²) in [7, 11) is 1.66. The minimum atomic E-state index is -0.920. The molecule has 1 unspecified atom stereocenters. The molecule has 2 aliphatic rings. The quantitative estimate of drug-likeness (QED) is 0.540. The maximum Gasteiger partial charge on any atom is 0.325 e. The highest BCUT2D eigenvalue weighted by Crippen LogP contribution is 2.35. The SMILES string of the molecule is CN(C(=O)[C@@H]1[C@@H](Cc2ccnc(N)c2)C(=O)N1C(=O)NC1CCCc2ccccc21)c1ccccc1. The van der Waals surface area contributed by atoms with Crippen LogP contribution in [0, 0.1) is 5.92 Å². The smallest absolute Gasteiger partial charge is 0.325 e. The summed E-state index contributed by atoms with van der Waals surface area (Å²) in [5.41, 5.74) is 9.57. The van der Waals surface area contributed by atoms with Crippen LogP contribution in [0.15, 0.2) is 72.9 Å². The van der Waals surface area contributed by atoms with Gasteiger partial charge in [-0.15, -0.1) is 0 Å². The number of rotatable bonds is 5. The number of likely N-dealkylation sites (tertiary alicyclic amines) is 1. The monoisotopic (exact) mass is 483 g/mol. The van der Waals surface area contributed by atoms with Gasteiger partial charge in [0.2, 0.25) is 5.91 Å². The zero-order valence-corrected chi connectivity index (χ0v) is 20.1. The molecule has 5 rings (SSSR count). The van der Waals surface area contributed by atoms with E-state index in [9.17, 15) is 14.4 Å². The summed E-state index contributed by atoms with van der Waals surface area (Å²) in [4.78, 5) is 47.0. The third-order valence-electron chi connectivity index (χ3n) is 7.13. The van der Waals surface area contributed by atoms with E-state index in [0.29, 0.717) is 17.9 Å². The van der Waals surface area contributed by atoms with Crippen molar-refractivity contribution in [2.45, 2.75) is 37.8 Å². The predicted octanol–water partition coefficient (Wildman–Crippen LogP) is 3.48. The van der Waals surface area contributed by atoms with Crippen LogP contribution in [0.3, 0.4) is 0 Å². The molecule has 8 heteroatoms. The molecule has 0 bridgehead atoms. The van der Waals surface area contributed by atoms with E-state index in [2.05, 4.69) is 16.4 Å². The molecule has 3 atom stereocenters. The van der Waals surface area contributed by atoms with Crippen molar-refractivity contribution in [2.75, 3.05) is 17.7 Å². The molecule has 2 aromatic carbocycles. The first-order valence-corrected chi connectivity index (χ1v) is 12.2. The number of hydrogen-bond donors (Lipinski definition) is 2. The summed E-state index contributed by atoms with van der Waals surface area (Å²) in [6.07, 6.45) is 4.56. The normalized spacial score (nSPS) is 20.8. The van der Waals surface area contributed by atoms with Gasteiger partial charge in [-0.05, 0) is 66.6 Å². The number of nitrogen functional groups attached to an aromatic ring is 1. The maximum absolute atomic E-state index is 13.7. The Morgan fingerprint density at radius 3 is 2.64 bits per heavy atom. The summed E-state index contributed by atoms with van der Waals surface area (Å²) in [6, 6.07) is 19.0. The van der Waals surface area contributed by atoms with Crippen molar-refractivity contribution >= 4 is 29.4 Å². The van der Waals surface area contributed by atoms with Crippen molar-refractivity contribution in [3.8, 4) is 0 Å². The summed E-state index contributed by atoms with van der Waals surface area (Å²) in [6.45, 7) is 0. The number of carbonyl (C=O) groups excluding carboxylic acids is 3. The van der Waals surface area contributed by atoms with E-state index in [1.807, 2.05) is 48.5 Å². The molecule has 8 nitrogen and oxygen atoms in total. The van der Waals surface area contributed by atoms with Crippen molar-refractivity contribution < 1.29 is 14.4 Å². The maximum atomic E-state index is 13.7. The number of para-hydroxylation sites is 1. The van der Waals surface area contributed by atoms with Crippen LogP contribution in [0.1, 0.15) is 35.6 Å². The van der Waals surface area contributed by atoms with Gasteiger partial charge in [0, 0.05) is 18.9 Å². The Labute approximate surface area is 210 Å². The number of pyridine rings is 1. The van der Waals surface area contributed by atoms with E-state index in [1.165, 1.54) is 10.5 Å². The fourth-order valence-electron chi connectivity index (χ4n) is 5.23. The average molecular weight is 484 g/mol. The summed E-state index contributed by atoms with van der Waals surface area (Å²) in [5, 5.41) is 3.03. The summed E-state index contributed by atoms with van der Waals surface area (Å²) >= 11 is 0. The minimum Gasteiger partial charge on any atom is -0.384 e. The van der Waals surface area contributed by atoms with Crippen molar-refractivity contribution in [3.05, 3.63) is 89.6 Å². The van der Waals surface area contributed by atoms with Crippen LogP contribution < -0.4 is 16.0 Å². The number of fused-ring (bicyclic) bond motifs is 1. The Hall–Kier alpha value is -4.20. The fraction of sp³-hybridized carbons (Fsp3) is 0.286. The van der Waals surface area contributed by atoms with Gasteiger partial charge in [-0.25, -0.2) is 9.78 Å². The van der Waals surface area contributed by atoms with Crippen molar-refractivity contribution in [1.82, 2.24) is 15.2 Å². The lowest BCUT2D eigenvalue weighted by Gasteiger charge is -2.46. The third-order valence-corrected chi connectivity index (χ3v) is 7.13. The number of amides is 4. The minimum absolute atomic E-state index is 0.197. The molecule has 1 aromatic heterocycles. The van der Waals surface area contributed by atoms with E-state index >= 15 is 0 Å². The van der Waals surface area contributed by atoms with Gasteiger partial charge in [0.1, 0.15) is 11.9 Å². The molecule has 2 heterocycles. The third kappa shape index (κ3) is 4.42. The van der Waals surface area contributed by atoms with Crippen LogP contribution in [0.4, 0.5) is 16.3 Å². The standard InChI is InChI=1S/C28H29N5O3/c1-32(20-10-3-2-4-11-20)27(35)25-22(16-18-14-15-30-24(29)17-18)26(34)33(25)28(36)31-23-13-7-9-19-8-5-6-12-21(19)23/h2-6,8,10-12,14-15,17,22-23,25H,7,9,13,16H2,1H3,(H2,29,30)(H,31,36)/t22-,23?,25+/m1/s1. The zero-order valence-electron chi connectivity index (χ0n) is 20.1. The van der Waals surface area contributed by atoms with Gasteiger partial charge < -0.3 is 16.0 Å². The van der Waals surface area contributed by atoms with E-state index in [0.717, 1.165) is 35.3 Å². The van der Waals surface area contributed by atoms with Gasteiger partial charge in [0.25, 0.3) is 5.91 Å². The lowest BCUT2D eigenvalue weighted by Crippen LogP contribution is -2.70. The molecular formula is C28H29N5O3. The molecule has 1 fully saturated rings. The van der Waals surface area contributed by atoms with Crippen LogP contribution in [-0.4, -0.2) is 40.8 Å². The number of likely N-dealkylation sites (N-methyl/N-ethyl adjacent to an activating group) is 1. The Morgan fingerprint density at radius 2 is 1.86 bits per heavy atom. The number of imide groups is 1. The highest BCUT2D eigenvalue weighted by molar-refractivity contribution is 6.12. The number of urea groups is 1. The van der Waals surface area contributed by atoms with Crippen LogP contribution in [0.5, 0.6) is 0 Å². The molecule has 36 heavy (non-hydrogen) atoms. The van der Waals surface area contributed by atoms with Gasteiger partial charge in [-0.2, -0.15) is 0 Å². The highest BCUT2D eigenvalue weighted by Gasteiger charge is 2.55. The van der Waals surface area contributed by atoms with E-state index in [1.54, 1.807) is 25.4 Å². The van der Waals surface area contributed by atoms with Gasteiger partial charge in [-0.1, -0.05) is 42.5 Å². The molecule has 4 amide bonds. The Balaban J connectivity index is 1.40. The number of carbonyl (C=O) groups is 3. The Bertz CT molecular complexity index is 1300. The topological polar surface area (TPSA) is 109 Å². The first kappa shape index (κ1) is 23.5. The number of nitrogens with two attached hydrogens (primary N) is 1. The van der Waals surface area contributed by atoms with E-state index in [-0.39, 0.29) is 17.9 Å². The van der Waals surface area contributed by atoms with E-state index < -0.39 is 18.0 Å². The van der Waals surface area contributed by atoms with Crippen LogP contribution in [0.2, 0.25) is 0 Å². The lowest BCUT2D eigenvalue weighted by atomic mass is 9.81. The molecule has 0 saturated carbocycles. The predicted molar refractivity (Wildman–Crippen MR) is 137 cm³/mol. The van der Waals surface area contributed by atoms with Crippen LogP contribution in [0.25, 0.3) is 0 Å². The molecular weight excluding hydrogens is 454 g/mol. The highest BCUT2D eigenvalue weighted by atomic mass is 16.2. The lowest BCUT2D eigenvalue weighted by molar-refractivity contribution is -0.156. The first-order valence-electron chi connectivity index (χ1n) is 12.2. The number of β-lactam (4-membered cyclic amide) rings is 1. The number of hydrogen-bond acceptors (Lipinski definition) is 5. The Kier molecular flexibility index (Phi) is 6.41. The first-order chi connectivity index (χ1) is 17.4. The van der Waals surface area contributed by atoms with Gasteiger partial charge in [-0.3, -0.25) is 14.5 Å². The average Bonchev–Trinajstić information content (AvgIpc) is 2.90. The number of aromatic nitrogens is 1. The Morgan fingerprint density at radius 1 is 1.11 bits per heavy atom. The zero-order chi connectivity index (χ0) is 25.2. The molecule has 184 valence electrons. The number of benzene rings is 2. The molecule has 0 radical (unpaired) electrons. The molecule has 1 aliphatic heterocycles. The molecule has 0 spiro atoms.